The van der Waals surface area contributed by atoms with Crippen LogP contribution in [0.5, 0.6) is 0 Å². The van der Waals surface area contributed by atoms with Crippen LogP contribution in [0.2, 0.25) is 0 Å². The molecule has 1 amide bonds. The number of aryl methyl sites for hydroxylation is 1. The molecule has 1 aromatic rings. The molecule has 0 heterocycles. The van der Waals surface area contributed by atoms with Crippen molar-refractivity contribution in [1.82, 2.24) is 0 Å². The van der Waals surface area contributed by atoms with Gasteiger partial charge in [-0.15, -0.1) is 0 Å². The molecular formula is C10H10N2OS. The summed E-state index contributed by atoms with van der Waals surface area (Å²) in [7, 11) is 0. The van der Waals surface area contributed by atoms with Crippen LogP contribution in [0.4, 0.5) is 5.69 Å². The second kappa shape index (κ2) is 5.30. The van der Waals surface area contributed by atoms with Crippen LogP contribution in [-0.2, 0) is 4.79 Å². The van der Waals surface area contributed by atoms with Crippen LogP contribution in [0.1, 0.15) is 5.56 Å². The van der Waals surface area contributed by atoms with E-state index in [1.54, 1.807) is 0 Å². The van der Waals surface area contributed by atoms with Crippen molar-refractivity contribution in [2.45, 2.75) is 6.92 Å². The Morgan fingerprint density at radius 3 is 2.93 bits per heavy atom. The van der Waals surface area contributed by atoms with Crippen molar-refractivity contribution in [3.63, 3.8) is 0 Å². The third-order valence-electron chi connectivity index (χ3n) is 1.69. The fourth-order valence-corrected chi connectivity index (χ4v) is 1.27. The highest BCUT2D eigenvalue weighted by Crippen LogP contribution is 2.13. The quantitative estimate of drug-likeness (QED) is 0.771. The van der Waals surface area contributed by atoms with Gasteiger partial charge in [-0.3, -0.25) is 4.79 Å². The van der Waals surface area contributed by atoms with Gasteiger partial charge in [0.05, 0.1) is 5.75 Å². The van der Waals surface area contributed by atoms with E-state index in [4.69, 9.17) is 5.26 Å². The number of benzene rings is 1. The van der Waals surface area contributed by atoms with E-state index in [-0.39, 0.29) is 11.7 Å². The van der Waals surface area contributed by atoms with Gasteiger partial charge in [0.2, 0.25) is 5.91 Å². The SMILES string of the molecule is Cc1ccccc1NC(=O)CSC#N. The number of rotatable bonds is 3. The van der Waals surface area contributed by atoms with Crippen molar-refractivity contribution in [2.75, 3.05) is 11.1 Å². The number of amides is 1. The number of thiocyanates is 1. The fraction of sp³-hybridized carbons (Fsp3) is 0.200. The van der Waals surface area contributed by atoms with E-state index in [9.17, 15) is 4.79 Å². The normalized spacial score (nSPS) is 9.14. The maximum atomic E-state index is 11.2. The molecule has 0 saturated heterocycles. The molecule has 0 aliphatic rings. The summed E-state index contributed by atoms with van der Waals surface area (Å²) in [6, 6.07) is 7.53. The van der Waals surface area contributed by atoms with E-state index >= 15 is 0 Å². The molecule has 72 valence electrons. The number of nitrogens with zero attached hydrogens (tertiary/aromatic N) is 1. The first-order chi connectivity index (χ1) is 6.74. The van der Waals surface area contributed by atoms with Gasteiger partial charge in [0, 0.05) is 5.69 Å². The van der Waals surface area contributed by atoms with Crippen LogP contribution in [0, 0.1) is 17.6 Å². The van der Waals surface area contributed by atoms with E-state index in [1.165, 1.54) is 0 Å². The zero-order valence-electron chi connectivity index (χ0n) is 7.78. The van der Waals surface area contributed by atoms with Crippen molar-refractivity contribution in [2.24, 2.45) is 0 Å². The summed E-state index contributed by atoms with van der Waals surface area (Å²) >= 11 is 0.935. The van der Waals surface area contributed by atoms with E-state index < -0.39 is 0 Å². The van der Waals surface area contributed by atoms with Crippen LogP contribution in [-0.4, -0.2) is 11.7 Å². The van der Waals surface area contributed by atoms with Crippen LogP contribution < -0.4 is 5.32 Å². The van der Waals surface area contributed by atoms with Gasteiger partial charge in [0.25, 0.3) is 0 Å². The predicted molar refractivity (Wildman–Crippen MR) is 57.9 cm³/mol. The van der Waals surface area contributed by atoms with E-state index in [0.29, 0.717) is 0 Å². The number of para-hydroxylation sites is 1. The van der Waals surface area contributed by atoms with Crippen LogP contribution >= 0.6 is 11.8 Å². The molecule has 14 heavy (non-hydrogen) atoms. The standard InChI is InChI=1S/C10H10N2OS/c1-8-4-2-3-5-9(8)12-10(13)6-14-7-11/h2-5H,6H2,1H3,(H,12,13). The van der Waals surface area contributed by atoms with Gasteiger partial charge in [0.1, 0.15) is 5.40 Å². The van der Waals surface area contributed by atoms with Gasteiger partial charge in [-0.25, -0.2) is 0 Å². The lowest BCUT2D eigenvalue weighted by Crippen LogP contribution is -2.14. The summed E-state index contributed by atoms with van der Waals surface area (Å²) in [5.74, 6) is 0.0241. The highest BCUT2D eigenvalue weighted by atomic mass is 32.2. The largest absolute Gasteiger partial charge is 0.325 e. The second-order valence-electron chi connectivity index (χ2n) is 2.74. The lowest BCUT2D eigenvalue weighted by Gasteiger charge is -2.05. The van der Waals surface area contributed by atoms with Crippen LogP contribution in [0.25, 0.3) is 0 Å². The van der Waals surface area contributed by atoms with Gasteiger partial charge in [-0.1, -0.05) is 18.2 Å². The molecule has 4 heteroatoms. The van der Waals surface area contributed by atoms with Crippen molar-refractivity contribution in [3.05, 3.63) is 29.8 Å². The molecule has 0 unspecified atom stereocenters. The van der Waals surface area contributed by atoms with E-state index in [0.717, 1.165) is 23.0 Å². The van der Waals surface area contributed by atoms with Crippen LogP contribution in [0.15, 0.2) is 24.3 Å². The highest BCUT2D eigenvalue weighted by molar-refractivity contribution is 8.04. The molecule has 0 fully saturated rings. The molecule has 0 aromatic heterocycles. The van der Waals surface area contributed by atoms with Gasteiger partial charge in [0.15, 0.2) is 0 Å². The van der Waals surface area contributed by atoms with Gasteiger partial charge in [-0.2, -0.15) is 5.26 Å². The Morgan fingerprint density at radius 2 is 2.29 bits per heavy atom. The summed E-state index contributed by atoms with van der Waals surface area (Å²) in [6.07, 6.45) is 0. The number of nitriles is 1. The third-order valence-corrected chi connectivity index (χ3v) is 2.22. The smallest absolute Gasteiger partial charge is 0.235 e. The average Bonchev–Trinajstić information content (AvgIpc) is 2.18. The summed E-state index contributed by atoms with van der Waals surface area (Å²) in [4.78, 5) is 11.2. The number of carbonyl (C=O) groups is 1. The molecule has 0 radical (unpaired) electrons. The predicted octanol–water partition coefficient (Wildman–Crippen LogP) is 2.15. The molecule has 1 N–H and O–H groups in total. The molecule has 0 bridgehead atoms. The number of carbonyl (C=O) groups excluding carboxylic acids is 1. The summed E-state index contributed by atoms with van der Waals surface area (Å²) in [5, 5.41) is 12.9. The molecule has 0 atom stereocenters. The Morgan fingerprint density at radius 1 is 1.57 bits per heavy atom. The molecule has 3 nitrogen and oxygen atoms in total. The van der Waals surface area contributed by atoms with Crippen molar-refractivity contribution < 1.29 is 4.79 Å². The molecule has 1 rings (SSSR count). The van der Waals surface area contributed by atoms with Crippen molar-refractivity contribution >= 4 is 23.4 Å². The van der Waals surface area contributed by atoms with Crippen LogP contribution in [0.3, 0.4) is 0 Å². The Hall–Kier alpha value is -1.47. The van der Waals surface area contributed by atoms with Gasteiger partial charge >= 0.3 is 0 Å². The van der Waals surface area contributed by atoms with Crippen molar-refractivity contribution in [3.8, 4) is 5.40 Å². The minimum atomic E-state index is -0.147. The molecule has 1 aromatic carbocycles. The second-order valence-corrected chi connectivity index (χ2v) is 3.50. The van der Waals surface area contributed by atoms with E-state index in [1.807, 2.05) is 36.6 Å². The lowest BCUT2D eigenvalue weighted by atomic mass is 10.2. The average molecular weight is 206 g/mol. The summed E-state index contributed by atoms with van der Waals surface area (Å²) in [6.45, 7) is 1.92. The summed E-state index contributed by atoms with van der Waals surface area (Å²) < 4.78 is 0. The number of anilines is 1. The Kier molecular flexibility index (Phi) is 4.02. The van der Waals surface area contributed by atoms with Gasteiger partial charge < -0.3 is 5.32 Å². The molecule has 0 spiro atoms. The topological polar surface area (TPSA) is 52.9 Å². The third kappa shape index (κ3) is 3.11. The van der Waals surface area contributed by atoms with Crippen molar-refractivity contribution in [1.29, 1.82) is 5.26 Å². The summed E-state index contributed by atoms with van der Waals surface area (Å²) in [5.41, 5.74) is 1.82. The molecular weight excluding hydrogens is 196 g/mol. The number of thioether (sulfide) groups is 1. The minimum absolute atomic E-state index is 0.147. The Balaban J connectivity index is 2.57. The number of nitrogens with one attached hydrogen (secondary N) is 1. The zero-order valence-corrected chi connectivity index (χ0v) is 8.60. The van der Waals surface area contributed by atoms with E-state index in [2.05, 4.69) is 5.32 Å². The zero-order chi connectivity index (χ0) is 10.4. The number of hydrogen-bond donors (Lipinski definition) is 1. The maximum absolute atomic E-state index is 11.2. The highest BCUT2D eigenvalue weighted by Gasteiger charge is 2.03. The Bertz CT molecular complexity index is 371. The fourth-order valence-electron chi connectivity index (χ4n) is 0.997. The first-order valence-corrected chi connectivity index (χ1v) is 5.09. The number of hydrogen-bond acceptors (Lipinski definition) is 3. The molecule has 0 aliphatic heterocycles. The molecule has 0 saturated carbocycles. The Labute approximate surface area is 87.1 Å². The maximum Gasteiger partial charge on any atom is 0.235 e. The van der Waals surface area contributed by atoms with Gasteiger partial charge in [-0.05, 0) is 30.3 Å². The molecule has 0 aliphatic carbocycles. The first-order valence-electron chi connectivity index (χ1n) is 4.10. The lowest BCUT2D eigenvalue weighted by molar-refractivity contribution is -0.113. The minimum Gasteiger partial charge on any atom is -0.325 e. The first kappa shape index (κ1) is 10.6. The monoisotopic (exact) mass is 206 g/mol.